The van der Waals surface area contributed by atoms with Crippen LogP contribution < -0.4 is 0 Å². The summed E-state index contributed by atoms with van der Waals surface area (Å²) in [5.74, 6) is 0. The van der Waals surface area contributed by atoms with Crippen LogP contribution in [0.1, 0.15) is 12.4 Å². The van der Waals surface area contributed by atoms with E-state index in [0.29, 0.717) is 11.3 Å². The summed E-state index contributed by atoms with van der Waals surface area (Å²) in [6, 6.07) is 14.8. The first-order valence-electron chi connectivity index (χ1n) is 8.65. The number of aromatic nitrogens is 1. The molecule has 0 fully saturated rings. The van der Waals surface area contributed by atoms with Crippen LogP contribution in [-0.2, 0) is 0 Å². The minimum Gasteiger partial charge on any atom is -0.256 e. The summed E-state index contributed by atoms with van der Waals surface area (Å²) in [4.78, 5) is 4.19. The van der Waals surface area contributed by atoms with E-state index in [1.54, 1.807) is 11.3 Å². The van der Waals surface area contributed by atoms with Crippen molar-refractivity contribution in [3.05, 3.63) is 77.8 Å². The maximum absolute atomic E-state index is 8.22. The van der Waals surface area contributed by atoms with Crippen molar-refractivity contribution < 1.29 is 6.85 Å². The van der Waals surface area contributed by atoms with Gasteiger partial charge in [0.05, 0.1) is 8.44 Å². The lowest BCUT2D eigenvalue weighted by Gasteiger charge is -2.00. The number of hydrogen-bond acceptors (Lipinski definition) is 2. The molecule has 98 valence electrons. The van der Waals surface area contributed by atoms with Gasteiger partial charge in [0.2, 0.25) is 0 Å². The molecule has 1 nitrogen and oxygen atoms in total. The van der Waals surface area contributed by atoms with Crippen LogP contribution in [0.25, 0.3) is 21.3 Å². The van der Waals surface area contributed by atoms with E-state index in [4.69, 9.17) is 6.85 Å². The quantitative estimate of drug-likeness (QED) is 0.582. The topological polar surface area (TPSA) is 12.9 Å². The van der Waals surface area contributed by atoms with Crippen molar-refractivity contribution in [2.75, 3.05) is 0 Å². The van der Waals surface area contributed by atoms with Gasteiger partial charge in [0, 0.05) is 20.6 Å². The molecule has 2 aromatic heterocycles. The molecule has 0 radical (unpaired) electrons. The molecule has 1 aromatic carbocycles. The second kappa shape index (κ2) is 5.85. The molecule has 2 heterocycles. The van der Waals surface area contributed by atoms with Crippen molar-refractivity contribution in [3.63, 3.8) is 0 Å². The molecule has 0 saturated heterocycles. The fraction of sp³-hybridized carbons (Fsp3) is 0.0556. The third kappa shape index (κ3) is 2.86. The van der Waals surface area contributed by atoms with Crippen molar-refractivity contribution in [3.8, 4) is 11.3 Å². The molecule has 0 aliphatic carbocycles. The largest absolute Gasteiger partial charge is 0.256 e. The summed E-state index contributed by atoms with van der Waals surface area (Å²) in [7, 11) is 0. The summed E-state index contributed by atoms with van der Waals surface area (Å²) in [6.45, 7) is -2.45. The van der Waals surface area contributed by atoms with Crippen LogP contribution in [-0.4, -0.2) is 4.98 Å². The molecular weight excluding hydrogens is 262 g/mol. The lowest BCUT2D eigenvalue weighted by Crippen LogP contribution is -1.82. The first-order chi connectivity index (χ1) is 11.9. The average molecular weight is 282 g/mol. The highest BCUT2D eigenvalue weighted by atomic mass is 32.1. The van der Waals surface area contributed by atoms with Gasteiger partial charge in [0.15, 0.2) is 0 Å². The molecule has 0 N–H and O–H groups in total. The van der Waals surface area contributed by atoms with Crippen molar-refractivity contribution in [2.45, 2.75) is 6.85 Å². The Balaban J connectivity index is 2.28. The lowest BCUT2D eigenvalue weighted by molar-refractivity contribution is 1.27. The first kappa shape index (κ1) is 8.18. The van der Waals surface area contributed by atoms with Gasteiger partial charge < -0.3 is 0 Å². The van der Waals surface area contributed by atoms with E-state index in [1.807, 2.05) is 53.9 Å². The molecule has 0 bridgehead atoms. The Morgan fingerprint density at radius 1 is 1.10 bits per heavy atom. The minimum atomic E-state index is -2.45. The van der Waals surface area contributed by atoms with E-state index in [1.165, 1.54) is 6.20 Å². The molecule has 20 heavy (non-hydrogen) atoms. The molecule has 0 unspecified atom stereocenters. The van der Waals surface area contributed by atoms with E-state index in [0.717, 1.165) is 10.1 Å². The van der Waals surface area contributed by atoms with E-state index >= 15 is 0 Å². The monoisotopic (exact) mass is 282 g/mol. The van der Waals surface area contributed by atoms with Crippen molar-refractivity contribution in [2.24, 2.45) is 0 Å². The molecule has 3 rings (SSSR count). The van der Waals surface area contributed by atoms with Crippen LogP contribution in [0.4, 0.5) is 0 Å². The van der Waals surface area contributed by atoms with Gasteiger partial charge in [0.1, 0.15) is 0 Å². The Hall–Kier alpha value is -2.19. The van der Waals surface area contributed by atoms with Crippen molar-refractivity contribution in [1.82, 2.24) is 4.98 Å². The van der Waals surface area contributed by atoms with Gasteiger partial charge in [0.25, 0.3) is 0 Å². The second-order valence-corrected chi connectivity index (χ2v) is 5.16. The van der Waals surface area contributed by atoms with E-state index < -0.39 is 6.85 Å². The van der Waals surface area contributed by atoms with Gasteiger partial charge in [-0.1, -0.05) is 42.4 Å². The number of benzene rings is 1. The summed E-state index contributed by atoms with van der Waals surface area (Å²) >= 11 is 1.59. The second-order valence-electron chi connectivity index (χ2n) is 4.21. The third-order valence-corrected chi connectivity index (χ3v) is 3.72. The number of aryl methyl sites for hydroxylation is 1. The van der Waals surface area contributed by atoms with E-state index in [9.17, 15) is 0 Å². The Kier molecular flexibility index (Phi) is 2.39. The summed E-state index contributed by atoms with van der Waals surface area (Å²) < 4.78 is 39.7. The molecule has 2 heteroatoms. The van der Waals surface area contributed by atoms with Gasteiger partial charge in [-0.05, 0) is 41.4 Å². The van der Waals surface area contributed by atoms with Crippen LogP contribution >= 0.6 is 11.3 Å². The van der Waals surface area contributed by atoms with E-state index in [2.05, 4.69) is 4.98 Å². The normalized spacial score (nSPS) is 14.5. The van der Waals surface area contributed by atoms with Crippen molar-refractivity contribution in [1.29, 1.82) is 0 Å². The molecule has 0 atom stereocenters. The van der Waals surface area contributed by atoms with Gasteiger partial charge in [-0.2, -0.15) is 0 Å². The van der Waals surface area contributed by atoms with Crippen LogP contribution in [0.15, 0.2) is 72.2 Å². The predicted octanol–water partition coefficient (Wildman–Crippen LogP) is 5.40. The highest BCUT2D eigenvalue weighted by Crippen LogP contribution is 2.21. The van der Waals surface area contributed by atoms with Crippen LogP contribution in [0.2, 0.25) is 0 Å². The predicted molar refractivity (Wildman–Crippen MR) is 87.4 cm³/mol. The van der Waals surface area contributed by atoms with Gasteiger partial charge in [-0.3, -0.25) is 4.98 Å². The number of pyridine rings is 1. The van der Waals surface area contributed by atoms with Crippen LogP contribution in [0, 0.1) is 6.85 Å². The highest BCUT2D eigenvalue weighted by molar-refractivity contribution is 7.16. The zero-order valence-electron chi connectivity index (χ0n) is 15.6. The molecule has 0 saturated carbocycles. The Bertz CT molecular complexity index is 977. The Morgan fingerprint density at radius 3 is 2.95 bits per heavy atom. The van der Waals surface area contributed by atoms with E-state index in [-0.39, 0.29) is 17.6 Å². The molecule has 0 aliphatic heterocycles. The first-order valence-corrected chi connectivity index (χ1v) is 7.03. The summed E-state index contributed by atoms with van der Waals surface area (Å²) in [6.07, 6.45) is 1.18. The third-order valence-electron chi connectivity index (χ3n) is 2.80. The van der Waals surface area contributed by atoms with Gasteiger partial charge in [-0.15, -0.1) is 11.3 Å². The van der Waals surface area contributed by atoms with Gasteiger partial charge in [-0.25, -0.2) is 0 Å². The minimum absolute atomic E-state index is 0.183. The van der Waals surface area contributed by atoms with Crippen LogP contribution in [0.5, 0.6) is 0 Å². The molecule has 0 amide bonds. The maximum Gasteiger partial charge on any atom is 0.0702 e. The van der Waals surface area contributed by atoms with Crippen LogP contribution in [0.3, 0.4) is 0 Å². The Morgan fingerprint density at radius 2 is 2.00 bits per heavy atom. The van der Waals surface area contributed by atoms with Crippen molar-refractivity contribution >= 4 is 21.4 Å². The average Bonchev–Trinajstić information content (AvgIpc) is 2.66. The smallest absolute Gasteiger partial charge is 0.0702 e. The lowest BCUT2D eigenvalue weighted by atomic mass is 10.1. The SMILES string of the molecule is [2H]c1c(C([2H])([2H])[2H])cnc(-c2ccccsc3ccccc3c2)c1[2H]. The number of nitrogens with zero attached hydrogens (tertiary/aromatic N) is 1. The molecule has 3 aromatic rings. The molecular formula is C18H15NS. The number of rotatable bonds is 1. The zero-order chi connectivity index (χ0) is 18.0. The number of hydrogen-bond donors (Lipinski definition) is 0. The number of fused-ring (bicyclic) bond motifs is 1. The Labute approximate surface area is 129 Å². The zero-order valence-corrected chi connectivity index (χ0v) is 11.4. The summed E-state index contributed by atoms with van der Waals surface area (Å²) in [5.41, 5.74) is 0.754. The molecule has 0 spiro atoms. The highest BCUT2D eigenvalue weighted by Gasteiger charge is 1.98. The fourth-order valence-electron chi connectivity index (χ4n) is 1.85. The van der Waals surface area contributed by atoms with Gasteiger partial charge >= 0.3 is 0 Å². The summed E-state index contributed by atoms with van der Waals surface area (Å²) in [5, 5.41) is 2.95. The maximum atomic E-state index is 8.22. The fourth-order valence-corrected chi connectivity index (χ4v) is 2.59. The molecule has 0 aliphatic rings. The standard InChI is InChI=1S/C18H15NS/c1-14-9-10-17(19-13-14)15-6-4-5-11-20-18-8-3-2-7-16(18)12-15/h2-13H,1H3/i1D3,9D,10D.